The van der Waals surface area contributed by atoms with Crippen LogP contribution in [-0.2, 0) is 6.67 Å². The molecule has 26 heavy (non-hydrogen) atoms. The highest BCUT2D eigenvalue weighted by atomic mass is 35.5. The van der Waals surface area contributed by atoms with E-state index < -0.39 is 0 Å². The van der Waals surface area contributed by atoms with Crippen LogP contribution in [0.1, 0.15) is 0 Å². The first kappa shape index (κ1) is 17.3. The van der Waals surface area contributed by atoms with Crippen molar-refractivity contribution in [2.75, 3.05) is 31.1 Å². The highest BCUT2D eigenvalue weighted by Crippen LogP contribution is 2.21. The molecule has 1 aromatic heterocycles. The van der Waals surface area contributed by atoms with E-state index in [0.29, 0.717) is 17.4 Å². The van der Waals surface area contributed by atoms with Gasteiger partial charge in [0.1, 0.15) is 0 Å². The third-order valence-electron chi connectivity index (χ3n) is 4.51. The number of hydrogen-bond acceptors (Lipinski definition) is 5. The minimum atomic E-state index is 0.404. The molecule has 0 spiro atoms. The van der Waals surface area contributed by atoms with Gasteiger partial charge in [0.05, 0.1) is 6.67 Å². The van der Waals surface area contributed by atoms with Gasteiger partial charge >= 0.3 is 0 Å². The van der Waals surface area contributed by atoms with Crippen molar-refractivity contribution < 1.29 is 4.42 Å². The van der Waals surface area contributed by atoms with E-state index in [0.717, 1.165) is 36.8 Å². The van der Waals surface area contributed by atoms with Crippen molar-refractivity contribution in [3.8, 4) is 11.5 Å². The van der Waals surface area contributed by atoms with Gasteiger partial charge in [-0.25, -0.2) is 4.68 Å². The molecular formula is C19H19ClN4OS. The molecule has 2 heterocycles. The van der Waals surface area contributed by atoms with Crippen LogP contribution < -0.4 is 4.90 Å². The van der Waals surface area contributed by atoms with E-state index in [-0.39, 0.29) is 0 Å². The van der Waals surface area contributed by atoms with E-state index >= 15 is 0 Å². The van der Waals surface area contributed by atoms with Gasteiger partial charge in [-0.3, -0.25) is 4.90 Å². The number of hydrogen-bond donors (Lipinski definition) is 0. The van der Waals surface area contributed by atoms with Crippen molar-refractivity contribution in [2.45, 2.75) is 6.67 Å². The van der Waals surface area contributed by atoms with Crippen molar-refractivity contribution in [1.82, 2.24) is 14.7 Å². The molecule has 0 aliphatic carbocycles. The SMILES string of the molecule is S=c1oc(-c2ccccc2)nn1CN1CCN(c2cccc(Cl)c2)CC1. The van der Waals surface area contributed by atoms with Gasteiger partial charge in [-0.05, 0) is 42.5 Å². The first-order chi connectivity index (χ1) is 12.7. The third kappa shape index (κ3) is 3.82. The number of aromatic nitrogens is 2. The second kappa shape index (κ2) is 7.61. The number of piperazine rings is 1. The van der Waals surface area contributed by atoms with Gasteiger partial charge in [0.2, 0.25) is 5.89 Å². The fraction of sp³-hybridized carbons (Fsp3) is 0.263. The fourth-order valence-electron chi connectivity index (χ4n) is 3.10. The molecule has 7 heteroatoms. The Labute approximate surface area is 162 Å². The summed E-state index contributed by atoms with van der Waals surface area (Å²) < 4.78 is 7.42. The Kier molecular flexibility index (Phi) is 5.06. The molecule has 0 bridgehead atoms. The highest BCUT2D eigenvalue weighted by Gasteiger charge is 2.19. The monoisotopic (exact) mass is 386 g/mol. The average Bonchev–Trinajstić information content (AvgIpc) is 3.04. The van der Waals surface area contributed by atoms with Crippen molar-refractivity contribution in [1.29, 1.82) is 0 Å². The van der Waals surface area contributed by atoms with Crippen LogP contribution in [-0.4, -0.2) is 40.9 Å². The van der Waals surface area contributed by atoms with Crippen molar-refractivity contribution >= 4 is 29.5 Å². The predicted octanol–water partition coefficient (Wildman–Crippen LogP) is 4.31. The quantitative estimate of drug-likeness (QED) is 0.625. The van der Waals surface area contributed by atoms with Gasteiger partial charge in [-0.15, -0.1) is 5.10 Å². The maximum absolute atomic E-state index is 6.10. The van der Waals surface area contributed by atoms with E-state index in [4.69, 9.17) is 28.2 Å². The van der Waals surface area contributed by atoms with Gasteiger partial charge in [0, 0.05) is 42.5 Å². The lowest BCUT2D eigenvalue weighted by Crippen LogP contribution is -2.46. The Morgan fingerprint density at radius 1 is 1.00 bits per heavy atom. The van der Waals surface area contributed by atoms with Crippen molar-refractivity contribution in [3.63, 3.8) is 0 Å². The molecule has 134 valence electrons. The molecule has 0 unspecified atom stereocenters. The molecule has 0 amide bonds. The van der Waals surface area contributed by atoms with Crippen LogP contribution in [0.2, 0.25) is 5.02 Å². The van der Waals surface area contributed by atoms with Crippen LogP contribution in [0.15, 0.2) is 59.0 Å². The normalized spacial score (nSPS) is 15.3. The zero-order valence-electron chi connectivity index (χ0n) is 14.2. The Morgan fingerprint density at radius 3 is 2.50 bits per heavy atom. The Balaban J connectivity index is 1.40. The summed E-state index contributed by atoms with van der Waals surface area (Å²) in [7, 11) is 0. The number of anilines is 1. The molecule has 2 aromatic carbocycles. The second-order valence-corrected chi connectivity index (χ2v) is 7.05. The Bertz CT molecular complexity index is 932. The number of halogens is 1. The Morgan fingerprint density at radius 2 is 1.77 bits per heavy atom. The van der Waals surface area contributed by atoms with E-state index in [9.17, 15) is 0 Å². The summed E-state index contributed by atoms with van der Waals surface area (Å²) in [6.45, 7) is 4.39. The van der Waals surface area contributed by atoms with Gasteiger partial charge in [-0.2, -0.15) is 0 Å². The van der Waals surface area contributed by atoms with Crippen LogP contribution >= 0.6 is 23.8 Å². The first-order valence-electron chi connectivity index (χ1n) is 8.55. The lowest BCUT2D eigenvalue weighted by Gasteiger charge is -2.35. The predicted molar refractivity (Wildman–Crippen MR) is 106 cm³/mol. The summed E-state index contributed by atoms with van der Waals surface area (Å²) in [5, 5.41) is 5.31. The molecule has 1 aliphatic heterocycles. The topological polar surface area (TPSA) is 37.4 Å². The summed E-state index contributed by atoms with van der Waals surface area (Å²) in [4.78, 5) is 5.08. The molecule has 1 fully saturated rings. The third-order valence-corrected chi connectivity index (χ3v) is 5.04. The smallest absolute Gasteiger partial charge is 0.288 e. The van der Waals surface area contributed by atoms with Crippen LogP contribution in [0.5, 0.6) is 0 Å². The van der Waals surface area contributed by atoms with Crippen LogP contribution in [0, 0.1) is 4.84 Å². The summed E-state index contributed by atoms with van der Waals surface area (Å²) in [6.07, 6.45) is 0. The van der Waals surface area contributed by atoms with E-state index in [2.05, 4.69) is 21.0 Å². The average molecular weight is 387 g/mol. The molecule has 1 aliphatic rings. The number of benzene rings is 2. The largest absolute Gasteiger partial charge is 0.409 e. The maximum atomic E-state index is 6.10. The van der Waals surface area contributed by atoms with E-state index in [1.54, 1.807) is 4.68 Å². The Hall–Kier alpha value is -2.15. The fourth-order valence-corrected chi connectivity index (χ4v) is 3.46. The molecule has 0 radical (unpaired) electrons. The van der Waals surface area contributed by atoms with Crippen molar-refractivity contribution in [2.24, 2.45) is 0 Å². The molecule has 1 saturated heterocycles. The molecule has 0 saturated carbocycles. The molecular weight excluding hydrogens is 368 g/mol. The lowest BCUT2D eigenvalue weighted by atomic mass is 10.2. The number of nitrogens with zero attached hydrogens (tertiary/aromatic N) is 4. The zero-order valence-corrected chi connectivity index (χ0v) is 15.8. The second-order valence-electron chi connectivity index (χ2n) is 6.27. The van der Waals surface area contributed by atoms with Gasteiger partial charge in [-0.1, -0.05) is 35.9 Å². The summed E-state index contributed by atoms with van der Waals surface area (Å²) >= 11 is 11.4. The minimum Gasteiger partial charge on any atom is -0.409 e. The maximum Gasteiger partial charge on any atom is 0.288 e. The summed E-state index contributed by atoms with van der Waals surface area (Å²) in [5.41, 5.74) is 2.10. The zero-order chi connectivity index (χ0) is 17.9. The first-order valence-corrected chi connectivity index (χ1v) is 9.34. The molecule has 3 aromatic rings. The van der Waals surface area contributed by atoms with Gasteiger partial charge < -0.3 is 9.32 Å². The highest BCUT2D eigenvalue weighted by molar-refractivity contribution is 7.71. The van der Waals surface area contributed by atoms with Gasteiger partial charge in [0.25, 0.3) is 4.84 Å². The molecule has 0 atom stereocenters. The molecule has 4 rings (SSSR count). The molecule has 0 N–H and O–H groups in total. The minimum absolute atomic E-state index is 0.404. The van der Waals surface area contributed by atoms with Crippen LogP contribution in [0.25, 0.3) is 11.5 Å². The van der Waals surface area contributed by atoms with Crippen LogP contribution in [0.4, 0.5) is 5.69 Å². The lowest BCUT2D eigenvalue weighted by molar-refractivity contribution is 0.192. The standard InChI is InChI=1S/C19H19ClN4OS/c20-16-7-4-8-17(13-16)23-11-9-22(10-12-23)14-24-19(26)25-18(21-24)15-5-2-1-3-6-15/h1-8,13H,9-12,14H2. The summed E-state index contributed by atoms with van der Waals surface area (Å²) in [5.74, 6) is 0.563. The number of rotatable bonds is 4. The van der Waals surface area contributed by atoms with E-state index in [1.165, 1.54) is 5.69 Å². The van der Waals surface area contributed by atoms with Gasteiger partial charge in [0.15, 0.2) is 0 Å². The molecule has 5 nitrogen and oxygen atoms in total. The van der Waals surface area contributed by atoms with Crippen LogP contribution in [0.3, 0.4) is 0 Å². The summed E-state index contributed by atoms with van der Waals surface area (Å²) in [6, 6.07) is 17.8. The van der Waals surface area contributed by atoms with Crippen molar-refractivity contribution in [3.05, 3.63) is 64.5 Å². The van der Waals surface area contributed by atoms with E-state index in [1.807, 2.05) is 48.5 Å².